The van der Waals surface area contributed by atoms with E-state index in [9.17, 15) is 0 Å². The highest BCUT2D eigenvalue weighted by Crippen LogP contribution is 2.31. The van der Waals surface area contributed by atoms with Crippen LogP contribution in [-0.2, 0) is 27.1 Å². The van der Waals surface area contributed by atoms with E-state index in [0.717, 1.165) is 31.2 Å². The molecule has 0 amide bonds. The minimum Gasteiger partial charge on any atom is -0.490 e. The zero-order valence-electron chi connectivity index (χ0n) is 23.7. The van der Waals surface area contributed by atoms with E-state index in [0.29, 0.717) is 75.9 Å². The normalized spacial score (nSPS) is 11.0. The molecular formula is C30H46O10. The van der Waals surface area contributed by atoms with E-state index in [1.165, 1.54) is 5.56 Å². The number of benzene rings is 2. The number of rotatable bonds is 25. The van der Waals surface area contributed by atoms with Crippen LogP contribution in [0.4, 0.5) is 0 Å². The van der Waals surface area contributed by atoms with Gasteiger partial charge in [0.2, 0.25) is 0 Å². The number of aryl methyl sites for hydroxylation is 2. The Morgan fingerprint density at radius 3 is 1.27 bits per heavy atom. The van der Waals surface area contributed by atoms with Gasteiger partial charge in [-0.25, -0.2) is 0 Å². The van der Waals surface area contributed by atoms with Crippen molar-refractivity contribution in [2.75, 3.05) is 85.9 Å². The highest BCUT2D eigenvalue weighted by atomic mass is 16.6. The average molecular weight is 567 g/mol. The number of aliphatic hydroxyl groups excluding tert-OH is 3. The summed E-state index contributed by atoms with van der Waals surface area (Å²) >= 11 is 0. The lowest BCUT2D eigenvalue weighted by molar-refractivity contribution is 0.0644. The lowest BCUT2D eigenvalue weighted by Crippen LogP contribution is -2.12. The van der Waals surface area contributed by atoms with Crippen LogP contribution in [0, 0.1) is 0 Å². The average Bonchev–Trinajstić information content (AvgIpc) is 2.97. The molecule has 0 aliphatic rings. The maximum atomic E-state index is 8.87. The van der Waals surface area contributed by atoms with Crippen molar-refractivity contribution in [3.8, 4) is 23.0 Å². The standard InChI is InChI=1S/C30H46O10/c1-2-37-27-9-7-25(23-29(27)39-21-18-35-15-12-32)5-3-4-6-26-8-10-28(38-20-17-34-14-11-31)30(24-26)40-22-19-36-16-13-33/h7-10,23-24,31-33H,2-6,11-22H2,1H3. The highest BCUT2D eigenvalue weighted by molar-refractivity contribution is 5.44. The molecular weight excluding hydrogens is 520 g/mol. The van der Waals surface area contributed by atoms with Gasteiger partial charge in [0, 0.05) is 0 Å². The summed E-state index contributed by atoms with van der Waals surface area (Å²) < 4.78 is 39.2. The van der Waals surface area contributed by atoms with Crippen molar-refractivity contribution in [2.24, 2.45) is 0 Å². The number of hydrogen-bond donors (Lipinski definition) is 3. The van der Waals surface area contributed by atoms with Crippen molar-refractivity contribution >= 4 is 0 Å². The first-order valence-electron chi connectivity index (χ1n) is 14.0. The van der Waals surface area contributed by atoms with Crippen LogP contribution in [0.2, 0.25) is 0 Å². The summed E-state index contributed by atoms with van der Waals surface area (Å²) in [5.74, 6) is 2.68. The number of unbranched alkanes of at least 4 members (excludes halogenated alkanes) is 1. The zero-order chi connectivity index (χ0) is 28.7. The van der Waals surface area contributed by atoms with Crippen LogP contribution in [0.1, 0.15) is 30.9 Å². The molecule has 0 atom stereocenters. The van der Waals surface area contributed by atoms with Gasteiger partial charge >= 0.3 is 0 Å². The maximum Gasteiger partial charge on any atom is 0.161 e. The minimum atomic E-state index is -0.0247. The van der Waals surface area contributed by atoms with Gasteiger partial charge in [-0.1, -0.05) is 12.1 Å². The van der Waals surface area contributed by atoms with Crippen molar-refractivity contribution in [3.05, 3.63) is 47.5 Å². The topological polar surface area (TPSA) is 125 Å². The predicted octanol–water partition coefficient (Wildman–Crippen LogP) is 2.81. The highest BCUT2D eigenvalue weighted by Gasteiger charge is 2.10. The third-order valence-corrected chi connectivity index (χ3v) is 5.66. The van der Waals surface area contributed by atoms with E-state index in [1.807, 2.05) is 37.3 Å². The fourth-order valence-corrected chi connectivity index (χ4v) is 3.83. The fraction of sp³-hybridized carbons (Fsp3) is 0.600. The van der Waals surface area contributed by atoms with Crippen molar-refractivity contribution in [1.29, 1.82) is 0 Å². The smallest absolute Gasteiger partial charge is 0.161 e. The molecule has 2 aromatic carbocycles. The summed E-state index contributed by atoms with van der Waals surface area (Å²) in [6.45, 7) is 5.51. The molecule has 0 spiro atoms. The van der Waals surface area contributed by atoms with Crippen molar-refractivity contribution in [2.45, 2.75) is 32.6 Å². The van der Waals surface area contributed by atoms with Gasteiger partial charge in [-0.3, -0.25) is 0 Å². The Morgan fingerprint density at radius 2 is 0.875 bits per heavy atom. The van der Waals surface area contributed by atoms with Crippen molar-refractivity contribution < 1.29 is 48.5 Å². The number of aliphatic hydroxyl groups is 3. The number of hydrogen-bond acceptors (Lipinski definition) is 10. The Hall–Kier alpha value is -2.60. The minimum absolute atomic E-state index is 0.00607. The monoisotopic (exact) mass is 566 g/mol. The van der Waals surface area contributed by atoms with Gasteiger partial charge in [-0.2, -0.15) is 0 Å². The predicted molar refractivity (Wildman–Crippen MR) is 151 cm³/mol. The molecule has 0 aliphatic heterocycles. The number of ether oxygens (including phenoxy) is 7. The zero-order valence-corrected chi connectivity index (χ0v) is 23.7. The summed E-state index contributed by atoms with van der Waals surface area (Å²) in [6, 6.07) is 12.0. The van der Waals surface area contributed by atoms with Gasteiger partial charge in [-0.05, 0) is 68.0 Å². The molecule has 0 radical (unpaired) electrons. The maximum absolute atomic E-state index is 8.87. The van der Waals surface area contributed by atoms with Crippen LogP contribution in [0.5, 0.6) is 23.0 Å². The van der Waals surface area contributed by atoms with E-state index in [1.54, 1.807) is 0 Å². The third kappa shape index (κ3) is 14.2. The van der Waals surface area contributed by atoms with E-state index in [-0.39, 0.29) is 33.0 Å². The molecule has 3 N–H and O–H groups in total. The van der Waals surface area contributed by atoms with E-state index < -0.39 is 0 Å². The summed E-state index contributed by atoms with van der Waals surface area (Å²) in [6.07, 6.45) is 3.79. The largest absolute Gasteiger partial charge is 0.490 e. The molecule has 0 heterocycles. The van der Waals surface area contributed by atoms with Gasteiger partial charge in [0.25, 0.3) is 0 Å². The van der Waals surface area contributed by atoms with Crippen LogP contribution in [-0.4, -0.2) is 101 Å². The molecule has 10 heteroatoms. The second-order valence-electron chi connectivity index (χ2n) is 8.76. The Morgan fingerprint density at radius 1 is 0.475 bits per heavy atom. The Kier molecular flexibility index (Phi) is 18.6. The van der Waals surface area contributed by atoms with Crippen LogP contribution in [0.25, 0.3) is 0 Å². The van der Waals surface area contributed by atoms with Gasteiger partial charge in [0.15, 0.2) is 23.0 Å². The van der Waals surface area contributed by atoms with Crippen LogP contribution in [0.3, 0.4) is 0 Å². The summed E-state index contributed by atoms with van der Waals surface area (Å²) in [5, 5.41) is 26.5. The molecule has 2 aromatic rings. The molecule has 0 aliphatic carbocycles. The quantitative estimate of drug-likeness (QED) is 0.155. The second-order valence-corrected chi connectivity index (χ2v) is 8.76. The first-order chi connectivity index (χ1) is 19.7. The summed E-state index contributed by atoms with van der Waals surface area (Å²) in [5.41, 5.74) is 2.32. The Bertz CT molecular complexity index is 908. The van der Waals surface area contributed by atoms with Crippen LogP contribution >= 0.6 is 0 Å². The molecule has 2 rings (SSSR count). The van der Waals surface area contributed by atoms with Gasteiger partial charge in [0.05, 0.1) is 66.1 Å². The Labute approximate surface area is 237 Å². The van der Waals surface area contributed by atoms with Crippen LogP contribution in [0.15, 0.2) is 36.4 Å². The SMILES string of the molecule is CCOc1ccc(CCCCc2ccc(OCCOCCO)c(OCCOCCO)c2)cc1OCCOCCO. The molecule has 226 valence electrons. The van der Waals surface area contributed by atoms with Crippen molar-refractivity contribution in [3.63, 3.8) is 0 Å². The first kappa shape index (κ1) is 33.6. The lowest BCUT2D eigenvalue weighted by Gasteiger charge is -2.15. The molecule has 10 nitrogen and oxygen atoms in total. The summed E-state index contributed by atoms with van der Waals surface area (Å²) in [4.78, 5) is 0. The molecule has 40 heavy (non-hydrogen) atoms. The molecule has 0 saturated heterocycles. The molecule has 0 saturated carbocycles. The molecule has 0 fully saturated rings. The fourth-order valence-electron chi connectivity index (χ4n) is 3.83. The molecule has 0 aromatic heterocycles. The van der Waals surface area contributed by atoms with Crippen molar-refractivity contribution in [1.82, 2.24) is 0 Å². The molecule has 0 bridgehead atoms. The lowest BCUT2D eigenvalue weighted by atomic mass is 10.0. The van der Waals surface area contributed by atoms with Gasteiger partial charge < -0.3 is 48.5 Å². The van der Waals surface area contributed by atoms with E-state index in [2.05, 4.69) is 6.07 Å². The third-order valence-electron chi connectivity index (χ3n) is 5.66. The summed E-state index contributed by atoms with van der Waals surface area (Å²) in [7, 11) is 0. The van der Waals surface area contributed by atoms with Crippen LogP contribution < -0.4 is 18.9 Å². The van der Waals surface area contributed by atoms with E-state index >= 15 is 0 Å². The van der Waals surface area contributed by atoms with Gasteiger partial charge in [0.1, 0.15) is 19.8 Å². The van der Waals surface area contributed by atoms with Gasteiger partial charge in [-0.15, -0.1) is 0 Å². The Balaban J connectivity index is 1.89. The molecule has 0 unspecified atom stereocenters. The second kappa shape index (κ2) is 22.1. The first-order valence-corrected chi connectivity index (χ1v) is 14.0. The van der Waals surface area contributed by atoms with E-state index in [4.69, 9.17) is 48.5 Å².